The number of unbranched alkanes of at least 4 members (excludes halogenated alkanes) is 2. The average Bonchev–Trinajstić information content (AvgIpc) is 3.23. The highest BCUT2D eigenvalue weighted by atomic mass is 19.1. The zero-order chi connectivity index (χ0) is 28.3. The molecule has 2 aromatic rings. The standard InChI is InChI=1S/C32H44FN3O4.CH4/c1-23-21-24(12-14-27(23)33)16-18-34-19-17-30(39)36(26-10-6-2-3-7-11-26)20-8-4-5-9-25-13-15-28(37)31-32(25)40-22-29(38)35-31;/h12-15,21,26,34,37H,2-11,16-20,22H2,1H3,(H,35,38);1H4. The van der Waals surface area contributed by atoms with Crippen molar-refractivity contribution in [3.8, 4) is 11.5 Å². The molecular formula is C33H48FN3O4. The van der Waals surface area contributed by atoms with Gasteiger partial charge in [0.05, 0.1) is 0 Å². The van der Waals surface area contributed by atoms with Crippen LogP contribution in [0.1, 0.15) is 88.3 Å². The minimum absolute atomic E-state index is 0. The van der Waals surface area contributed by atoms with Gasteiger partial charge in [-0.05, 0) is 80.8 Å². The summed E-state index contributed by atoms with van der Waals surface area (Å²) in [5.41, 5.74) is 3.10. The largest absolute Gasteiger partial charge is 0.506 e. The lowest BCUT2D eigenvalue weighted by Crippen LogP contribution is -2.42. The fourth-order valence-corrected chi connectivity index (χ4v) is 5.82. The Labute approximate surface area is 244 Å². The van der Waals surface area contributed by atoms with E-state index in [9.17, 15) is 19.1 Å². The Kier molecular flexibility index (Phi) is 12.9. The number of anilines is 1. The molecule has 0 aromatic heterocycles. The average molecular weight is 570 g/mol. The van der Waals surface area contributed by atoms with Crippen molar-refractivity contribution in [3.05, 3.63) is 52.8 Å². The van der Waals surface area contributed by atoms with Crippen LogP contribution in [0.15, 0.2) is 30.3 Å². The number of hydrogen-bond acceptors (Lipinski definition) is 5. The smallest absolute Gasteiger partial charge is 0.262 e. The summed E-state index contributed by atoms with van der Waals surface area (Å²) in [5, 5.41) is 16.2. The molecule has 8 heteroatoms. The second kappa shape index (κ2) is 16.3. The van der Waals surface area contributed by atoms with Crippen molar-refractivity contribution in [3.63, 3.8) is 0 Å². The summed E-state index contributed by atoms with van der Waals surface area (Å²) in [7, 11) is 0. The van der Waals surface area contributed by atoms with Gasteiger partial charge in [-0.25, -0.2) is 4.39 Å². The van der Waals surface area contributed by atoms with Crippen LogP contribution in [0.25, 0.3) is 0 Å². The molecule has 1 fully saturated rings. The SMILES string of the molecule is C.Cc1cc(CCNCCC(=O)N(CCCCCc2ccc(O)c3c2OCC(=O)N3)C2CCCCCC2)ccc1F. The molecule has 3 N–H and O–H groups in total. The molecule has 7 nitrogen and oxygen atoms in total. The molecule has 1 heterocycles. The Morgan fingerprint density at radius 2 is 1.85 bits per heavy atom. The first-order chi connectivity index (χ1) is 19.4. The van der Waals surface area contributed by atoms with Crippen LogP contribution >= 0.6 is 0 Å². The number of hydrogen-bond donors (Lipinski definition) is 3. The summed E-state index contributed by atoms with van der Waals surface area (Å²) in [6.45, 7) is 3.92. The molecule has 0 radical (unpaired) electrons. The van der Waals surface area contributed by atoms with Gasteiger partial charge >= 0.3 is 0 Å². The summed E-state index contributed by atoms with van der Waals surface area (Å²) in [4.78, 5) is 27.1. The summed E-state index contributed by atoms with van der Waals surface area (Å²) < 4.78 is 19.1. The van der Waals surface area contributed by atoms with Gasteiger partial charge in [0, 0.05) is 25.6 Å². The molecule has 0 bridgehead atoms. The molecular weight excluding hydrogens is 521 g/mol. The lowest BCUT2D eigenvalue weighted by atomic mass is 10.0. The monoisotopic (exact) mass is 569 g/mol. The number of carbonyl (C=O) groups excluding carboxylic acids is 2. The topological polar surface area (TPSA) is 90.9 Å². The number of aryl methyl sites for hydroxylation is 2. The predicted octanol–water partition coefficient (Wildman–Crippen LogP) is 6.29. The summed E-state index contributed by atoms with van der Waals surface area (Å²) in [5.74, 6) is 0.376. The van der Waals surface area contributed by atoms with Gasteiger partial charge < -0.3 is 25.4 Å². The molecule has 226 valence electrons. The number of carbonyl (C=O) groups is 2. The van der Waals surface area contributed by atoms with Crippen molar-refractivity contribution in [2.24, 2.45) is 0 Å². The molecule has 2 aromatic carbocycles. The van der Waals surface area contributed by atoms with Gasteiger partial charge in [0.15, 0.2) is 12.4 Å². The van der Waals surface area contributed by atoms with E-state index in [2.05, 4.69) is 15.5 Å². The summed E-state index contributed by atoms with van der Waals surface area (Å²) >= 11 is 0. The summed E-state index contributed by atoms with van der Waals surface area (Å²) in [6.07, 6.45) is 12.0. The van der Waals surface area contributed by atoms with Crippen molar-refractivity contribution >= 4 is 17.5 Å². The quantitative estimate of drug-likeness (QED) is 0.150. The second-order valence-corrected chi connectivity index (χ2v) is 11.2. The van der Waals surface area contributed by atoms with Gasteiger partial charge in [-0.3, -0.25) is 9.59 Å². The van der Waals surface area contributed by atoms with E-state index in [1.165, 1.54) is 31.7 Å². The highest BCUT2D eigenvalue weighted by Crippen LogP contribution is 2.39. The molecule has 2 aliphatic rings. The van der Waals surface area contributed by atoms with E-state index in [4.69, 9.17) is 4.74 Å². The molecule has 0 unspecified atom stereocenters. The molecule has 1 saturated carbocycles. The highest BCUT2D eigenvalue weighted by molar-refractivity contribution is 5.97. The van der Waals surface area contributed by atoms with Crippen molar-refractivity contribution < 1.29 is 23.8 Å². The van der Waals surface area contributed by atoms with Gasteiger partial charge in [0.25, 0.3) is 5.91 Å². The number of nitrogens with one attached hydrogen (secondary N) is 2. The lowest BCUT2D eigenvalue weighted by Gasteiger charge is -2.32. The first kappa shape index (κ1) is 32.4. The third-order valence-electron chi connectivity index (χ3n) is 8.09. The fraction of sp³-hybridized carbons (Fsp3) is 0.576. The first-order valence-electron chi connectivity index (χ1n) is 14.9. The number of benzene rings is 2. The Balaban J connectivity index is 0.00000462. The van der Waals surface area contributed by atoms with Gasteiger partial charge in [-0.2, -0.15) is 0 Å². The lowest BCUT2D eigenvalue weighted by molar-refractivity contribution is -0.133. The van der Waals surface area contributed by atoms with Gasteiger partial charge in [-0.1, -0.05) is 57.7 Å². The Morgan fingerprint density at radius 3 is 2.61 bits per heavy atom. The zero-order valence-electron chi connectivity index (χ0n) is 23.8. The van der Waals surface area contributed by atoms with E-state index in [0.29, 0.717) is 36.0 Å². The first-order valence-corrected chi connectivity index (χ1v) is 14.9. The van der Waals surface area contributed by atoms with Crippen molar-refractivity contribution in [2.45, 2.75) is 97.4 Å². The van der Waals surface area contributed by atoms with Crippen LogP contribution in [0.3, 0.4) is 0 Å². The van der Waals surface area contributed by atoms with Gasteiger partial charge in [-0.15, -0.1) is 0 Å². The number of phenols is 1. The van der Waals surface area contributed by atoms with Crippen molar-refractivity contribution in [1.29, 1.82) is 0 Å². The van der Waals surface area contributed by atoms with E-state index in [1.54, 1.807) is 13.0 Å². The molecule has 0 atom stereocenters. The minimum atomic E-state index is -0.263. The van der Waals surface area contributed by atoms with E-state index in [-0.39, 0.29) is 37.4 Å². The van der Waals surface area contributed by atoms with Gasteiger partial charge in [0.1, 0.15) is 17.3 Å². The van der Waals surface area contributed by atoms with E-state index in [0.717, 1.165) is 69.2 Å². The van der Waals surface area contributed by atoms with E-state index >= 15 is 0 Å². The van der Waals surface area contributed by atoms with Gasteiger partial charge in [0.2, 0.25) is 5.91 Å². The molecule has 2 amide bonds. The Bertz CT molecular complexity index is 1150. The Hall–Kier alpha value is -3.13. The normalized spacial score (nSPS) is 15.2. The van der Waals surface area contributed by atoms with Crippen LogP contribution in [0.2, 0.25) is 0 Å². The number of nitrogens with zero attached hydrogens (tertiary/aromatic N) is 1. The maximum absolute atomic E-state index is 13.5. The van der Waals surface area contributed by atoms with Crippen LogP contribution in [0.5, 0.6) is 11.5 Å². The maximum Gasteiger partial charge on any atom is 0.262 e. The third kappa shape index (κ3) is 9.45. The molecule has 1 aliphatic carbocycles. The number of ether oxygens (including phenoxy) is 1. The minimum Gasteiger partial charge on any atom is -0.506 e. The number of phenolic OH excluding ortho intramolecular Hbond substituents is 1. The molecule has 1 aliphatic heterocycles. The number of halogens is 1. The molecule has 0 saturated heterocycles. The molecule has 4 rings (SSSR count). The van der Waals surface area contributed by atoms with E-state index in [1.807, 2.05) is 18.2 Å². The second-order valence-electron chi connectivity index (χ2n) is 11.2. The number of aromatic hydroxyl groups is 1. The van der Waals surface area contributed by atoms with Crippen LogP contribution in [0.4, 0.5) is 10.1 Å². The fourth-order valence-electron chi connectivity index (χ4n) is 5.82. The summed E-state index contributed by atoms with van der Waals surface area (Å²) in [6, 6.07) is 9.02. The van der Waals surface area contributed by atoms with Crippen LogP contribution < -0.4 is 15.4 Å². The molecule has 0 spiro atoms. The highest BCUT2D eigenvalue weighted by Gasteiger charge is 2.25. The van der Waals surface area contributed by atoms with Crippen molar-refractivity contribution in [1.82, 2.24) is 10.2 Å². The molecule has 41 heavy (non-hydrogen) atoms. The number of amides is 2. The van der Waals surface area contributed by atoms with Crippen molar-refractivity contribution in [2.75, 3.05) is 31.6 Å². The van der Waals surface area contributed by atoms with E-state index < -0.39 is 0 Å². The van der Waals surface area contributed by atoms with Crippen LogP contribution in [0, 0.1) is 12.7 Å². The number of fused-ring (bicyclic) bond motifs is 1. The number of rotatable bonds is 13. The Morgan fingerprint density at radius 1 is 1.07 bits per heavy atom. The zero-order valence-corrected chi connectivity index (χ0v) is 23.8. The third-order valence-corrected chi connectivity index (χ3v) is 8.09. The van der Waals surface area contributed by atoms with Crippen LogP contribution in [-0.4, -0.2) is 54.1 Å². The van der Waals surface area contributed by atoms with Crippen LogP contribution in [-0.2, 0) is 22.4 Å². The maximum atomic E-state index is 13.5. The predicted molar refractivity (Wildman–Crippen MR) is 162 cm³/mol.